The molecule has 1 unspecified atom stereocenters. The summed E-state index contributed by atoms with van der Waals surface area (Å²) in [5.41, 5.74) is 2.98. The van der Waals surface area contributed by atoms with Crippen LogP contribution in [-0.2, 0) is 16.6 Å². The smallest absolute Gasteiger partial charge is 0.258 e. The molecule has 0 aliphatic carbocycles. The fourth-order valence-electron chi connectivity index (χ4n) is 4.57. The number of carbonyl (C=O) groups is 1. The number of aromatic nitrogens is 3. The first kappa shape index (κ1) is 28.8. The number of benzene rings is 2. The summed E-state index contributed by atoms with van der Waals surface area (Å²) in [5, 5.41) is 7.01. The van der Waals surface area contributed by atoms with Crippen LogP contribution in [0, 0.1) is 11.6 Å². The van der Waals surface area contributed by atoms with Crippen LogP contribution in [0.3, 0.4) is 0 Å². The van der Waals surface area contributed by atoms with E-state index in [0.717, 1.165) is 20.7 Å². The number of amides is 1. The number of anilines is 2. The SMILES string of the molecule is CCOC1=C(C(=O)Nc2ccc(Oc3ccnc4cc(-c5cnn(C)c5)sc34)c(F)c2)C(I)N(c2ccc(F)cc2)C=C1. The molecule has 6 rings (SSSR count). The van der Waals surface area contributed by atoms with Crippen molar-refractivity contribution in [3.8, 4) is 21.9 Å². The van der Waals surface area contributed by atoms with Crippen LogP contribution in [0.2, 0.25) is 0 Å². The number of allylic oxidation sites excluding steroid dienone is 1. The summed E-state index contributed by atoms with van der Waals surface area (Å²) in [6, 6.07) is 13.9. The van der Waals surface area contributed by atoms with Gasteiger partial charge in [0.1, 0.15) is 21.4 Å². The van der Waals surface area contributed by atoms with E-state index in [-0.39, 0.29) is 17.3 Å². The third kappa shape index (κ3) is 5.97. The fourth-order valence-corrected chi connectivity index (χ4v) is 6.70. The van der Waals surface area contributed by atoms with Gasteiger partial charge in [-0.05, 0) is 55.5 Å². The van der Waals surface area contributed by atoms with E-state index in [0.29, 0.717) is 29.4 Å². The predicted octanol–water partition coefficient (Wildman–Crippen LogP) is 7.79. The largest absolute Gasteiger partial charge is 0.493 e. The summed E-state index contributed by atoms with van der Waals surface area (Å²) < 4.78 is 42.6. The van der Waals surface area contributed by atoms with Crippen molar-refractivity contribution in [1.82, 2.24) is 14.8 Å². The number of carbonyl (C=O) groups excluding carboxylic acids is 1. The Morgan fingerprint density at radius 1 is 1.12 bits per heavy atom. The molecule has 1 amide bonds. The van der Waals surface area contributed by atoms with Crippen molar-refractivity contribution in [3.05, 3.63) is 108 Å². The van der Waals surface area contributed by atoms with Gasteiger partial charge in [0.2, 0.25) is 0 Å². The number of ether oxygens (including phenoxy) is 2. The Morgan fingerprint density at radius 3 is 2.65 bits per heavy atom. The molecule has 5 aromatic rings. The minimum atomic E-state index is -0.645. The molecule has 12 heteroatoms. The molecule has 2 aromatic carbocycles. The van der Waals surface area contributed by atoms with Crippen molar-refractivity contribution in [2.24, 2.45) is 7.05 Å². The normalized spacial score (nSPS) is 14.8. The lowest BCUT2D eigenvalue weighted by Gasteiger charge is -2.32. The highest BCUT2D eigenvalue weighted by molar-refractivity contribution is 14.1. The third-order valence-corrected chi connectivity index (χ3v) is 8.99. The molecule has 1 N–H and O–H groups in total. The van der Waals surface area contributed by atoms with Gasteiger partial charge in [-0.15, -0.1) is 11.3 Å². The topological polar surface area (TPSA) is 81.5 Å². The molecule has 0 bridgehead atoms. The Kier molecular flexibility index (Phi) is 8.13. The average molecular weight is 712 g/mol. The van der Waals surface area contributed by atoms with E-state index in [4.69, 9.17) is 9.47 Å². The Labute approximate surface area is 263 Å². The highest BCUT2D eigenvalue weighted by atomic mass is 127. The van der Waals surface area contributed by atoms with Crippen molar-refractivity contribution in [3.63, 3.8) is 0 Å². The number of thiophene rings is 1. The second-order valence-corrected chi connectivity index (χ2v) is 11.7. The van der Waals surface area contributed by atoms with E-state index < -0.39 is 15.8 Å². The number of nitrogens with zero attached hydrogens (tertiary/aromatic N) is 4. The van der Waals surface area contributed by atoms with Gasteiger partial charge in [0.15, 0.2) is 11.6 Å². The summed E-state index contributed by atoms with van der Waals surface area (Å²) >= 11 is 3.60. The molecular weight excluding hydrogens is 687 g/mol. The molecule has 43 heavy (non-hydrogen) atoms. The first-order valence-electron chi connectivity index (χ1n) is 13.2. The van der Waals surface area contributed by atoms with Crippen LogP contribution >= 0.6 is 33.9 Å². The Bertz CT molecular complexity index is 1890. The highest BCUT2D eigenvalue weighted by Crippen LogP contribution is 2.40. The third-order valence-electron chi connectivity index (χ3n) is 6.58. The van der Waals surface area contributed by atoms with Gasteiger partial charge < -0.3 is 19.7 Å². The van der Waals surface area contributed by atoms with E-state index >= 15 is 4.39 Å². The zero-order valence-corrected chi connectivity index (χ0v) is 25.9. The van der Waals surface area contributed by atoms with Crippen LogP contribution < -0.4 is 15.0 Å². The van der Waals surface area contributed by atoms with Crippen molar-refractivity contribution >= 4 is 61.4 Å². The molecule has 218 valence electrons. The number of hydrogen-bond donors (Lipinski definition) is 1. The number of alkyl halides is 1. The van der Waals surface area contributed by atoms with Gasteiger partial charge in [0.05, 0.1) is 28.6 Å². The lowest BCUT2D eigenvalue weighted by atomic mass is 10.1. The van der Waals surface area contributed by atoms with Crippen LogP contribution in [0.25, 0.3) is 20.7 Å². The van der Waals surface area contributed by atoms with Crippen LogP contribution in [0.1, 0.15) is 6.92 Å². The van der Waals surface area contributed by atoms with Crippen LogP contribution in [-0.4, -0.2) is 31.3 Å². The monoisotopic (exact) mass is 711 g/mol. The molecule has 1 aliphatic rings. The van der Waals surface area contributed by atoms with Gasteiger partial charge in [0.25, 0.3) is 5.91 Å². The summed E-state index contributed by atoms with van der Waals surface area (Å²) in [7, 11) is 1.85. The molecule has 4 heterocycles. The summed E-state index contributed by atoms with van der Waals surface area (Å²) in [4.78, 5) is 20.7. The summed E-state index contributed by atoms with van der Waals surface area (Å²) in [6.07, 6.45) is 8.77. The number of aryl methyl sites for hydroxylation is 1. The maximum Gasteiger partial charge on any atom is 0.258 e. The minimum Gasteiger partial charge on any atom is -0.493 e. The Morgan fingerprint density at radius 2 is 1.93 bits per heavy atom. The molecule has 8 nitrogen and oxygen atoms in total. The van der Waals surface area contributed by atoms with E-state index in [1.165, 1.54) is 35.6 Å². The van der Waals surface area contributed by atoms with Crippen molar-refractivity contribution in [1.29, 1.82) is 0 Å². The van der Waals surface area contributed by atoms with Gasteiger partial charge in [-0.2, -0.15) is 5.10 Å². The molecular formula is C31H24F2IN5O3S. The van der Waals surface area contributed by atoms with Crippen LogP contribution in [0.5, 0.6) is 11.5 Å². The standard InChI is InChI=1S/C31H24F2IN5O3S/c1-3-41-25-11-13-39(21-7-4-19(32)5-8-21)30(34)28(25)31(40)37-20-6-9-24(22(33)14-20)42-26-10-12-35-23-15-27(43-29(23)26)18-16-36-38(2)17-18/h4-17,30H,3H2,1-2H3,(H,37,40). The van der Waals surface area contributed by atoms with Gasteiger partial charge in [-0.3, -0.25) is 14.5 Å². The van der Waals surface area contributed by atoms with Crippen LogP contribution in [0.4, 0.5) is 20.2 Å². The molecule has 0 fully saturated rings. The molecule has 1 aliphatic heterocycles. The lowest BCUT2D eigenvalue weighted by Crippen LogP contribution is -2.36. The molecule has 0 saturated carbocycles. The molecule has 1 atom stereocenters. The fraction of sp³-hybridized carbons (Fsp3) is 0.129. The average Bonchev–Trinajstić information content (AvgIpc) is 3.62. The van der Waals surface area contributed by atoms with E-state index in [2.05, 4.69) is 38.0 Å². The van der Waals surface area contributed by atoms with Crippen molar-refractivity contribution < 1.29 is 23.0 Å². The van der Waals surface area contributed by atoms with Crippen molar-refractivity contribution in [2.45, 2.75) is 11.0 Å². The number of hydrogen-bond acceptors (Lipinski definition) is 7. The lowest BCUT2D eigenvalue weighted by molar-refractivity contribution is -0.113. The first-order chi connectivity index (χ1) is 20.8. The number of rotatable bonds is 8. The van der Waals surface area contributed by atoms with E-state index in [9.17, 15) is 9.18 Å². The molecule has 0 radical (unpaired) electrons. The highest BCUT2D eigenvalue weighted by Gasteiger charge is 2.31. The number of halogens is 3. The zero-order chi connectivity index (χ0) is 30.1. The Hall–Kier alpha value is -4.30. The van der Waals surface area contributed by atoms with E-state index in [1.54, 1.807) is 53.6 Å². The van der Waals surface area contributed by atoms with E-state index in [1.807, 2.05) is 31.1 Å². The molecule has 0 spiro atoms. The van der Waals surface area contributed by atoms with Crippen LogP contribution in [0.15, 0.2) is 96.8 Å². The molecule has 3 aromatic heterocycles. The minimum absolute atomic E-state index is 0.00546. The van der Waals surface area contributed by atoms with Gasteiger partial charge in [0, 0.05) is 59.6 Å². The summed E-state index contributed by atoms with van der Waals surface area (Å²) in [6.45, 7) is 2.18. The second kappa shape index (κ2) is 12.1. The second-order valence-electron chi connectivity index (χ2n) is 9.48. The maximum atomic E-state index is 15.3. The number of pyridine rings is 1. The quantitative estimate of drug-likeness (QED) is 0.101. The molecule has 0 saturated heterocycles. The van der Waals surface area contributed by atoms with Gasteiger partial charge in [-0.1, -0.05) is 22.6 Å². The first-order valence-corrected chi connectivity index (χ1v) is 15.3. The zero-order valence-electron chi connectivity index (χ0n) is 22.9. The van der Waals surface area contributed by atoms with Gasteiger partial charge in [-0.25, -0.2) is 8.78 Å². The van der Waals surface area contributed by atoms with Gasteiger partial charge >= 0.3 is 0 Å². The summed E-state index contributed by atoms with van der Waals surface area (Å²) in [5.74, 6) is -0.577. The number of nitrogens with one attached hydrogen (secondary N) is 1. The van der Waals surface area contributed by atoms with Crippen molar-refractivity contribution in [2.75, 3.05) is 16.8 Å². The maximum absolute atomic E-state index is 15.3. The Balaban J connectivity index is 1.22. The number of fused-ring (bicyclic) bond motifs is 1. The predicted molar refractivity (Wildman–Crippen MR) is 171 cm³/mol.